The van der Waals surface area contributed by atoms with E-state index in [-0.39, 0.29) is 0 Å². The molecule has 1 atom stereocenters. The molecule has 2 aromatic rings. The Kier molecular flexibility index (Phi) is 3.24. The molecule has 0 spiro atoms. The minimum Gasteiger partial charge on any atom is -0.480 e. The molecule has 6 heteroatoms. The zero-order valence-electron chi connectivity index (χ0n) is 11.1. The Morgan fingerprint density at radius 3 is 2.81 bits per heavy atom. The number of fused-ring (bicyclic) bond motifs is 1. The van der Waals surface area contributed by atoms with E-state index in [0.29, 0.717) is 24.3 Å². The Labute approximate surface area is 121 Å². The Morgan fingerprint density at radius 2 is 2.10 bits per heavy atom. The van der Waals surface area contributed by atoms with Crippen molar-refractivity contribution in [3.8, 4) is 6.07 Å². The highest BCUT2D eigenvalue weighted by Crippen LogP contribution is 2.28. The third-order valence-electron chi connectivity index (χ3n) is 3.63. The fraction of sp³-hybridized carbons (Fsp3) is 0.200. The second kappa shape index (κ2) is 5.21. The van der Waals surface area contributed by atoms with Crippen LogP contribution in [0.1, 0.15) is 16.7 Å². The fourth-order valence-corrected chi connectivity index (χ4v) is 2.59. The molecule has 1 aromatic carbocycles. The summed E-state index contributed by atoms with van der Waals surface area (Å²) in [6, 6.07) is 10.5. The van der Waals surface area contributed by atoms with Gasteiger partial charge in [-0.05, 0) is 17.2 Å². The molecule has 1 unspecified atom stereocenters. The average Bonchev–Trinajstić information content (AvgIpc) is 2.53. The summed E-state index contributed by atoms with van der Waals surface area (Å²) in [6.45, 7) is 0.403. The average molecular weight is 280 g/mol. The lowest BCUT2D eigenvalue weighted by Crippen LogP contribution is -2.46. The van der Waals surface area contributed by atoms with Crippen molar-refractivity contribution in [1.82, 2.24) is 10.2 Å². The van der Waals surface area contributed by atoms with E-state index in [1.165, 1.54) is 6.20 Å². The SMILES string of the molecule is N#Cc1ccnnc1N1Cc2ccccc2CC1C(=O)O. The lowest BCUT2D eigenvalue weighted by Gasteiger charge is -2.35. The quantitative estimate of drug-likeness (QED) is 0.893. The number of carbonyl (C=O) groups is 1. The highest BCUT2D eigenvalue weighted by Gasteiger charge is 2.33. The molecule has 0 saturated carbocycles. The van der Waals surface area contributed by atoms with Gasteiger partial charge in [-0.25, -0.2) is 4.79 Å². The summed E-state index contributed by atoms with van der Waals surface area (Å²) in [7, 11) is 0. The zero-order valence-corrected chi connectivity index (χ0v) is 11.1. The van der Waals surface area contributed by atoms with Crippen molar-refractivity contribution >= 4 is 11.8 Å². The highest BCUT2D eigenvalue weighted by atomic mass is 16.4. The van der Waals surface area contributed by atoms with E-state index in [1.54, 1.807) is 11.0 Å². The number of hydrogen-bond donors (Lipinski definition) is 1. The molecular weight excluding hydrogens is 268 g/mol. The summed E-state index contributed by atoms with van der Waals surface area (Å²) >= 11 is 0. The zero-order chi connectivity index (χ0) is 14.8. The topological polar surface area (TPSA) is 90.1 Å². The summed E-state index contributed by atoms with van der Waals surface area (Å²) in [4.78, 5) is 13.2. The lowest BCUT2D eigenvalue weighted by molar-refractivity contribution is -0.138. The largest absolute Gasteiger partial charge is 0.480 e. The van der Waals surface area contributed by atoms with Gasteiger partial charge in [-0.1, -0.05) is 24.3 Å². The van der Waals surface area contributed by atoms with E-state index in [1.807, 2.05) is 30.3 Å². The molecule has 0 saturated heterocycles. The number of aromatic nitrogens is 2. The maximum atomic E-state index is 11.6. The fourth-order valence-electron chi connectivity index (χ4n) is 2.59. The molecule has 0 radical (unpaired) electrons. The van der Waals surface area contributed by atoms with Gasteiger partial charge in [0.1, 0.15) is 12.1 Å². The van der Waals surface area contributed by atoms with Gasteiger partial charge in [0.05, 0.1) is 11.8 Å². The molecule has 104 valence electrons. The number of hydrogen-bond acceptors (Lipinski definition) is 5. The number of rotatable bonds is 2. The highest BCUT2D eigenvalue weighted by molar-refractivity contribution is 5.79. The summed E-state index contributed by atoms with van der Waals surface area (Å²) in [5, 5.41) is 26.4. The number of nitriles is 1. The van der Waals surface area contributed by atoms with Gasteiger partial charge in [-0.3, -0.25) is 0 Å². The molecule has 1 N–H and O–H groups in total. The predicted molar refractivity (Wildman–Crippen MR) is 74.5 cm³/mol. The Hall–Kier alpha value is -2.94. The van der Waals surface area contributed by atoms with Crippen LogP contribution in [-0.2, 0) is 17.8 Å². The van der Waals surface area contributed by atoms with Crippen molar-refractivity contribution in [1.29, 1.82) is 5.26 Å². The summed E-state index contributed by atoms with van der Waals surface area (Å²) < 4.78 is 0. The molecule has 1 aliphatic heterocycles. The number of anilines is 1. The van der Waals surface area contributed by atoms with Crippen LogP contribution < -0.4 is 4.90 Å². The van der Waals surface area contributed by atoms with Crippen molar-refractivity contribution in [3.05, 3.63) is 53.2 Å². The smallest absolute Gasteiger partial charge is 0.326 e. The Morgan fingerprint density at radius 1 is 1.33 bits per heavy atom. The van der Waals surface area contributed by atoms with Gasteiger partial charge in [0.15, 0.2) is 5.82 Å². The van der Waals surface area contributed by atoms with Crippen molar-refractivity contribution in [2.45, 2.75) is 19.0 Å². The van der Waals surface area contributed by atoms with E-state index >= 15 is 0 Å². The first kappa shape index (κ1) is 13.1. The maximum absolute atomic E-state index is 11.6. The van der Waals surface area contributed by atoms with Crippen molar-refractivity contribution in [2.24, 2.45) is 0 Å². The molecule has 0 amide bonds. The van der Waals surface area contributed by atoms with Gasteiger partial charge in [0.25, 0.3) is 0 Å². The number of aliphatic carboxylic acids is 1. The summed E-state index contributed by atoms with van der Waals surface area (Å²) in [6.07, 6.45) is 1.81. The first-order valence-electron chi connectivity index (χ1n) is 6.48. The van der Waals surface area contributed by atoms with Crippen molar-refractivity contribution in [2.75, 3.05) is 4.90 Å². The lowest BCUT2D eigenvalue weighted by atomic mass is 9.93. The molecule has 1 aliphatic rings. The van der Waals surface area contributed by atoms with Crippen LogP contribution in [0.5, 0.6) is 0 Å². The predicted octanol–water partition coefficient (Wildman–Crippen LogP) is 1.36. The maximum Gasteiger partial charge on any atom is 0.326 e. The first-order chi connectivity index (χ1) is 10.2. The number of carboxylic acids is 1. The van der Waals surface area contributed by atoms with Crippen molar-refractivity contribution < 1.29 is 9.90 Å². The summed E-state index contributed by atoms with van der Waals surface area (Å²) in [5.74, 6) is -0.610. The van der Waals surface area contributed by atoms with Crippen LogP contribution in [0, 0.1) is 11.3 Å². The van der Waals surface area contributed by atoms with Gasteiger partial charge in [-0.15, -0.1) is 5.10 Å². The van der Waals surface area contributed by atoms with Crippen LogP contribution in [0.3, 0.4) is 0 Å². The van der Waals surface area contributed by atoms with Crippen LogP contribution in [-0.4, -0.2) is 27.3 Å². The van der Waals surface area contributed by atoms with Gasteiger partial charge >= 0.3 is 5.97 Å². The minimum absolute atomic E-state index is 0.321. The molecule has 2 heterocycles. The van der Waals surface area contributed by atoms with Crippen LogP contribution in [0.4, 0.5) is 5.82 Å². The van der Waals surface area contributed by atoms with Gasteiger partial charge < -0.3 is 10.0 Å². The van der Waals surface area contributed by atoms with Crippen LogP contribution in [0.15, 0.2) is 36.5 Å². The third kappa shape index (κ3) is 2.30. The van der Waals surface area contributed by atoms with Gasteiger partial charge in [0.2, 0.25) is 0 Å². The van der Waals surface area contributed by atoms with E-state index in [4.69, 9.17) is 0 Å². The molecule has 6 nitrogen and oxygen atoms in total. The normalized spacial score (nSPS) is 16.9. The van der Waals surface area contributed by atoms with Gasteiger partial charge in [-0.2, -0.15) is 10.4 Å². The molecule has 1 aromatic heterocycles. The Balaban J connectivity index is 2.08. The van der Waals surface area contributed by atoms with Crippen molar-refractivity contribution in [3.63, 3.8) is 0 Å². The standard InChI is InChI=1S/C15H12N4O2/c16-8-11-5-6-17-18-14(11)19-9-12-4-2-1-3-10(12)7-13(19)15(20)21/h1-6,13H,7,9H2,(H,20,21). The molecule has 21 heavy (non-hydrogen) atoms. The van der Waals surface area contributed by atoms with Crippen LogP contribution >= 0.6 is 0 Å². The van der Waals surface area contributed by atoms with E-state index < -0.39 is 12.0 Å². The third-order valence-corrected chi connectivity index (χ3v) is 3.63. The second-order valence-corrected chi connectivity index (χ2v) is 4.84. The molecule has 0 fully saturated rings. The molecule has 3 rings (SSSR count). The van der Waals surface area contributed by atoms with Crippen LogP contribution in [0.2, 0.25) is 0 Å². The monoisotopic (exact) mass is 280 g/mol. The minimum atomic E-state index is -0.931. The van der Waals surface area contributed by atoms with Crippen LogP contribution in [0.25, 0.3) is 0 Å². The second-order valence-electron chi connectivity index (χ2n) is 4.84. The Bertz CT molecular complexity index is 738. The molecule has 0 aliphatic carbocycles. The molecule has 0 bridgehead atoms. The number of carboxylic acid groups (broad SMARTS) is 1. The summed E-state index contributed by atoms with van der Waals surface area (Å²) in [5.41, 5.74) is 2.39. The van der Waals surface area contributed by atoms with E-state index in [2.05, 4.69) is 10.2 Å². The van der Waals surface area contributed by atoms with Gasteiger partial charge in [0, 0.05) is 13.0 Å². The number of nitrogens with zero attached hydrogens (tertiary/aromatic N) is 4. The van der Waals surface area contributed by atoms with E-state index in [0.717, 1.165) is 11.1 Å². The van der Waals surface area contributed by atoms with E-state index in [9.17, 15) is 15.2 Å². The number of benzene rings is 1. The molecular formula is C15H12N4O2. The first-order valence-corrected chi connectivity index (χ1v) is 6.48.